The average molecular weight is 316 g/mol. The van der Waals surface area contributed by atoms with Crippen molar-refractivity contribution in [1.82, 2.24) is 15.0 Å². The van der Waals surface area contributed by atoms with Crippen LogP contribution in [0.25, 0.3) is 16.7 Å². The van der Waals surface area contributed by atoms with E-state index in [4.69, 9.17) is 11.6 Å². The molecule has 3 aromatic rings. The maximum atomic E-state index is 9.85. The standard InChI is InChI=1S/C17H18ClN3O/c1-17(2,3)13-5-4-6-16(12(13)10-22)21-19-14-8-7-11(18)9-15(14)20-21/h4-9,22H,10H2,1-3H3. The Morgan fingerprint density at radius 2 is 1.82 bits per heavy atom. The SMILES string of the molecule is CC(C)(C)c1cccc(-n2nc3ccc(Cl)cc3n2)c1CO. The third kappa shape index (κ3) is 2.60. The quantitative estimate of drug-likeness (QED) is 0.781. The van der Waals surface area contributed by atoms with Crippen molar-refractivity contribution in [3.05, 3.63) is 52.5 Å². The number of rotatable bonds is 2. The maximum Gasteiger partial charge on any atom is 0.115 e. The molecular weight excluding hydrogens is 298 g/mol. The predicted octanol–water partition coefficient (Wildman–Crippen LogP) is 3.86. The molecule has 3 rings (SSSR count). The molecular formula is C17H18ClN3O. The smallest absolute Gasteiger partial charge is 0.115 e. The molecule has 0 radical (unpaired) electrons. The monoisotopic (exact) mass is 315 g/mol. The number of aromatic nitrogens is 3. The van der Waals surface area contributed by atoms with Crippen LogP contribution in [0.1, 0.15) is 31.9 Å². The summed E-state index contributed by atoms with van der Waals surface area (Å²) in [5.41, 5.74) is 4.17. The summed E-state index contributed by atoms with van der Waals surface area (Å²) in [6.45, 7) is 6.32. The Balaban J connectivity index is 2.21. The van der Waals surface area contributed by atoms with Gasteiger partial charge in [-0.05, 0) is 35.2 Å². The Bertz CT molecular complexity index is 834. The second-order valence-corrected chi connectivity index (χ2v) is 6.77. The molecule has 0 amide bonds. The predicted molar refractivity (Wildman–Crippen MR) is 88.5 cm³/mol. The molecule has 0 saturated carbocycles. The van der Waals surface area contributed by atoms with Gasteiger partial charge in [0.2, 0.25) is 0 Å². The van der Waals surface area contributed by atoms with Crippen LogP contribution in [0.3, 0.4) is 0 Å². The molecule has 0 aliphatic carbocycles. The van der Waals surface area contributed by atoms with E-state index >= 15 is 0 Å². The summed E-state index contributed by atoms with van der Waals surface area (Å²) >= 11 is 6.00. The zero-order valence-electron chi connectivity index (χ0n) is 12.8. The van der Waals surface area contributed by atoms with Crippen LogP contribution in [-0.4, -0.2) is 20.1 Å². The maximum absolute atomic E-state index is 9.85. The molecule has 0 saturated heterocycles. The number of aliphatic hydroxyl groups excluding tert-OH is 1. The second kappa shape index (κ2) is 5.38. The van der Waals surface area contributed by atoms with Gasteiger partial charge in [-0.2, -0.15) is 4.80 Å². The van der Waals surface area contributed by atoms with E-state index in [1.165, 1.54) is 0 Å². The Morgan fingerprint density at radius 1 is 1.09 bits per heavy atom. The Hall–Kier alpha value is -1.91. The zero-order chi connectivity index (χ0) is 15.9. The fraction of sp³-hybridized carbons (Fsp3) is 0.294. The number of hydrogen-bond acceptors (Lipinski definition) is 3. The van der Waals surface area contributed by atoms with Crippen LogP contribution in [0.4, 0.5) is 0 Å². The average Bonchev–Trinajstić information content (AvgIpc) is 2.88. The molecule has 0 aliphatic rings. The topological polar surface area (TPSA) is 50.9 Å². The first-order valence-corrected chi connectivity index (χ1v) is 7.54. The van der Waals surface area contributed by atoms with E-state index in [-0.39, 0.29) is 12.0 Å². The largest absolute Gasteiger partial charge is 0.392 e. The Morgan fingerprint density at radius 3 is 2.50 bits per heavy atom. The molecule has 1 aromatic heterocycles. The van der Waals surface area contributed by atoms with E-state index in [2.05, 4.69) is 31.0 Å². The first kappa shape index (κ1) is 15.0. The molecule has 2 aromatic carbocycles. The number of aliphatic hydroxyl groups is 1. The van der Waals surface area contributed by atoms with E-state index in [1.54, 1.807) is 16.9 Å². The van der Waals surface area contributed by atoms with Gasteiger partial charge in [0.1, 0.15) is 11.0 Å². The van der Waals surface area contributed by atoms with E-state index in [0.29, 0.717) is 5.02 Å². The van der Waals surface area contributed by atoms with E-state index < -0.39 is 0 Å². The number of halogens is 1. The van der Waals surface area contributed by atoms with Crippen LogP contribution in [0.2, 0.25) is 5.02 Å². The van der Waals surface area contributed by atoms with Gasteiger partial charge in [0, 0.05) is 10.6 Å². The van der Waals surface area contributed by atoms with Crippen LogP contribution < -0.4 is 0 Å². The first-order valence-electron chi connectivity index (χ1n) is 7.16. The zero-order valence-corrected chi connectivity index (χ0v) is 13.6. The molecule has 0 spiro atoms. The lowest BCUT2D eigenvalue weighted by Crippen LogP contribution is -2.17. The minimum absolute atomic E-state index is 0.0541. The van der Waals surface area contributed by atoms with Gasteiger partial charge in [0.15, 0.2) is 0 Å². The van der Waals surface area contributed by atoms with Crippen LogP contribution >= 0.6 is 11.6 Å². The summed E-state index contributed by atoms with van der Waals surface area (Å²) in [5, 5.41) is 19.5. The Kier molecular flexibility index (Phi) is 3.67. The minimum atomic E-state index is -0.0655. The summed E-state index contributed by atoms with van der Waals surface area (Å²) in [6, 6.07) is 11.3. The molecule has 4 nitrogen and oxygen atoms in total. The summed E-state index contributed by atoms with van der Waals surface area (Å²) in [7, 11) is 0. The van der Waals surface area contributed by atoms with Crippen LogP contribution in [0.15, 0.2) is 36.4 Å². The van der Waals surface area contributed by atoms with Crippen molar-refractivity contribution in [2.45, 2.75) is 32.8 Å². The molecule has 0 bridgehead atoms. The highest BCUT2D eigenvalue weighted by Gasteiger charge is 2.21. The first-order chi connectivity index (χ1) is 10.4. The molecule has 0 aliphatic heterocycles. The lowest BCUT2D eigenvalue weighted by atomic mass is 9.83. The van der Waals surface area contributed by atoms with Crippen LogP contribution in [-0.2, 0) is 12.0 Å². The molecule has 0 unspecified atom stereocenters. The van der Waals surface area contributed by atoms with Gasteiger partial charge in [-0.1, -0.05) is 44.5 Å². The third-order valence-corrected chi connectivity index (χ3v) is 3.91. The van der Waals surface area contributed by atoms with E-state index in [9.17, 15) is 5.11 Å². The molecule has 114 valence electrons. The lowest BCUT2D eigenvalue weighted by Gasteiger charge is -2.23. The van der Waals surface area contributed by atoms with Gasteiger partial charge in [0.05, 0.1) is 12.3 Å². The van der Waals surface area contributed by atoms with Crippen molar-refractivity contribution < 1.29 is 5.11 Å². The second-order valence-electron chi connectivity index (χ2n) is 6.33. The number of fused-ring (bicyclic) bond motifs is 1. The van der Waals surface area contributed by atoms with Gasteiger partial charge in [-0.15, -0.1) is 10.2 Å². The van der Waals surface area contributed by atoms with Gasteiger partial charge < -0.3 is 5.11 Å². The number of nitrogens with zero attached hydrogens (tertiary/aromatic N) is 3. The van der Waals surface area contributed by atoms with Gasteiger partial charge in [-0.3, -0.25) is 0 Å². The summed E-state index contributed by atoms with van der Waals surface area (Å²) in [6.07, 6.45) is 0. The van der Waals surface area contributed by atoms with E-state index in [0.717, 1.165) is 27.8 Å². The van der Waals surface area contributed by atoms with Crippen molar-refractivity contribution in [1.29, 1.82) is 0 Å². The summed E-state index contributed by atoms with van der Waals surface area (Å²) in [4.78, 5) is 1.57. The lowest BCUT2D eigenvalue weighted by molar-refractivity contribution is 0.277. The van der Waals surface area contributed by atoms with Crippen molar-refractivity contribution in [2.75, 3.05) is 0 Å². The highest BCUT2D eigenvalue weighted by Crippen LogP contribution is 2.30. The van der Waals surface area contributed by atoms with Crippen molar-refractivity contribution in [3.63, 3.8) is 0 Å². The van der Waals surface area contributed by atoms with Crippen molar-refractivity contribution >= 4 is 22.6 Å². The van der Waals surface area contributed by atoms with E-state index in [1.807, 2.05) is 24.3 Å². The fourth-order valence-corrected chi connectivity index (χ4v) is 2.79. The van der Waals surface area contributed by atoms with Gasteiger partial charge in [0.25, 0.3) is 0 Å². The van der Waals surface area contributed by atoms with Gasteiger partial charge >= 0.3 is 0 Å². The molecule has 5 heteroatoms. The molecule has 22 heavy (non-hydrogen) atoms. The molecule has 1 heterocycles. The van der Waals surface area contributed by atoms with Crippen molar-refractivity contribution in [2.24, 2.45) is 0 Å². The van der Waals surface area contributed by atoms with Crippen molar-refractivity contribution in [3.8, 4) is 5.69 Å². The molecule has 0 atom stereocenters. The third-order valence-electron chi connectivity index (χ3n) is 3.68. The summed E-state index contributed by atoms with van der Waals surface area (Å²) in [5.74, 6) is 0. The molecule has 0 fully saturated rings. The normalized spacial score (nSPS) is 12.0. The Labute approximate surface area is 134 Å². The van der Waals surface area contributed by atoms with Crippen LogP contribution in [0, 0.1) is 0 Å². The number of benzene rings is 2. The number of hydrogen-bond donors (Lipinski definition) is 1. The van der Waals surface area contributed by atoms with Gasteiger partial charge in [-0.25, -0.2) is 0 Å². The van der Waals surface area contributed by atoms with Crippen LogP contribution in [0.5, 0.6) is 0 Å². The molecule has 1 N–H and O–H groups in total. The minimum Gasteiger partial charge on any atom is -0.392 e. The fourth-order valence-electron chi connectivity index (χ4n) is 2.63. The highest BCUT2D eigenvalue weighted by molar-refractivity contribution is 6.31. The summed E-state index contributed by atoms with van der Waals surface area (Å²) < 4.78 is 0. The highest BCUT2D eigenvalue weighted by atomic mass is 35.5.